The Morgan fingerprint density at radius 3 is 2.78 bits per heavy atom. The molecule has 1 unspecified atom stereocenters. The zero-order valence-electron chi connectivity index (χ0n) is 13.9. The highest BCUT2D eigenvalue weighted by Crippen LogP contribution is 2.19. The normalized spacial score (nSPS) is 19.2. The molecule has 0 N–H and O–H groups in total. The number of morpholine rings is 1. The molecule has 0 bridgehead atoms. The lowest BCUT2D eigenvalue weighted by Gasteiger charge is -2.36. The van der Waals surface area contributed by atoms with Gasteiger partial charge in [0, 0.05) is 19.0 Å². The number of carbonyl (C=O) groups is 1. The van der Waals surface area contributed by atoms with E-state index in [1.165, 1.54) is 6.20 Å². The van der Waals surface area contributed by atoms with Crippen molar-refractivity contribution in [1.82, 2.24) is 14.9 Å². The van der Waals surface area contributed by atoms with Crippen molar-refractivity contribution in [3.05, 3.63) is 17.5 Å². The smallest absolute Gasteiger partial charge is 0.273 e. The first-order valence-electron chi connectivity index (χ1n) is 7.62. The van der Waals surface area contributed by atoms with Gasteiger partial charge in [0.15, 0.2) is 0 Å². The maximum Gasteiger partial charge on any atom is 0.273 e. The van der Waals surface area contributed by atoms with Crippen molar-refractivity contribution in [1.29, 1.82) is 0 Å². The quantitative estimate of drug-likeness (QED) is 0.761. The zero-order valence-corrected chi connectivity index (χ0v) is 14.8. The lowest BCUT2D eigenvalue weighted by molar-refractivity contribution is -0.00785. The molecule has 128 valence electrons. The molecule has 8 heteroatoms. The Morgan fingerprint density at radius 2 is 2.17 bits per heavy atom. The number of nitrogens with zero attached hydrogens (tertiary/aromatic N) is 3. The third kappa shape index (κ3) is 4.26. The Morgan fingerprint density at radius 1 is 1.48 bits per heavy atom. The van der Waals surface area contributed by atoms with E-state index in [0.29, 0.717) is 31.2 Å². The second-order valence-electron chi connectivity index (χ2n) is 6.31. The van der Waals surface area contributed by atoms with Crippen molar-refractivity contribution >= 4 is 15.7 Å². The van der Waals surface area contributed by atoms with Gasteiger partial charge in [0.05, 0.1) is 19.3 Å². The topological polar surface area (TPSA) is 89.5 Å². The number of sulfone groups is 1. The summed E-state index contributed by atoms with van der Waals surface area (Å²) in [7, 11) is -3.56. The van der Waals surface area contributed by atoms with Gasteiger partial charge in [-0.2, -0.15) is 0 Å². The van der Waals surface area contributed by atoms with E-state index in [-0.39, 0.29) is 22.8 Å². The number of aryl methyl sites for hydroxylation is 1. The average Bonchev–Trinajstić information content (AvgIpc) is 2.46. The number of amides is 1. The number of ether oxygens (including phenoxy) is 1. The second-order valence-corrected chi connectivity index (χ2v) is 8.22. The van der Waals surface area contributed by atoms with Crippen LogP contribution in [-0.4, -0.2) is 61.2 Å². The molecule has 7 nitrogen and oxygen atoms in total. The molecule has 0 spiro atoms. The molecule has 23 heavy (non-hydrogen) atoms. The molecule has 1 aliphatic rings. The third-order valence-corrected chi connectivity index (χ3v) is 4.58. The average molecular weight is 341 g/mol. The summed E-state index contributed by atoms with van der Waals surface area (Å²) < 4.78 is 28.8. The maximum absolute atomic E-state index is 12.9. The lowest BCUT2D eigenvalue weighted by Crippen LogP contribution is -2.49. The number of rotatable bonds is 4. The van der Waals surface area contributed by atoms with E-state index in [4.69, 9.17) is 4.74 Å². The minimum atomic E-state index is -3.56. The third-order valence-electron chi connectivity index (χ3n) is 3.72. The Hall–Kier alpha value is -1.54. The van der Waals surface area contributed by atoms with Crippen LogP contribution in [0.1, 0.15) is 36.3 Å². The van der Waals surface area contributed by atoms with Gasteiger partial charge in [-0.05, 0) is 24.8 Å². The van der Waals surface area contributed by atoms with E-state index in [2.05, 4.69) is 23.8 Å². The zero-order chi connectivity index (χ0) is 17.2. The fraction of sp³-hybridized carbons (Fsp3) is 0.667. The molecule has 0 aromatic carbocycles. The van der Waals surface area contributed by atoms with Crippen molar-refractivity contribution in [2.45, 2.75) is 38.4 Å². The summed E-state index contributed by atoms with van der Waals surface area (Å²) >= 11 is 0. The van der Waals surface area contributed by atoms with Crippen LogP contribution >= 0.6 is 0 Å². The van der Waals surface area contributed by atoms with E-state index in [9.17, 15) is 13.2 Å². The van der Waals surface area contributed by atoms with Gasteiger partial charge in [-0.15, -0.1) is 0 Å². The van der Waals surface area contributed by atoms with E-state index >= 15 is 0 Å². The van der Waals surface area contributed by atoms with Crippen LogP contribution in [0.5, 0.6) is 0 Å². The van der Waals surface area contributed by atoms with Crippen molar-refractivity contribution in [2.24, 2.45) is 5.92 Å². The minimum Gasteiger partial charge on any atom is -0.377 e. The molecular formula is C15H23N3O4S. The second kappa shape index (κ2) is 6.92. The molecular weight excluding hydrogens is 318 g/mol. The first kappa shape index (κ1) is 17.8. The molecule has 2 rings (SSSR count). The molecule has 0 radical (unpaired) electrons. The van der Waals surface area contributed by atoms with Gasteiger partial charge in [-0.25, -0.2) is 18.4 Å². The highest BCUT2D eigenvalue weighted by molar-refractivity contribution is 7.90. The summed E-state index contributed by atoms with van der Waals surface area (Å²) in [6.45, 7) is 7.34. The Bertz CT molecular complexity index is 688. The van der Waals surface area contributed by atoms with Crippen molar-refractivity contribution < 1.29 is 17.9 Å². The lowest BCUT2D eigenvalue weighted by atomic mass is 10.0. The summed E-state index contributed by atoms with van der Waals surface area (Å²) in [5.41, 5.74) is 0.716. The molecule has 1 fully saturated rings. The molecule has 1 saturated heterocycles. The minimum absolute atomic E-state index is 0.0210. The fourth-order valence-corrected chi connectivity index (χ4v) is 3.12. The summed E-state index contributed by atoms with van der Waals surface area (Å²) in [5.74, 6) is 0.166. The highest BCUT2D eigenvalue weighted by Gasteiger charge is 2.30. The van der Waals surface area contributed by atoms with Crippen LogP contribution in [0.3, 0.4) is 0 Å². The van der Waals surface area contributed by atoms with Crippen molar-refractivity contribution in [2.75, 3.05) is 26.0 Å². The first-order valence-corrected chi connectivity index (χ1v) is 9.51. The Balaban J connectivity index is 2.34. The van der Waals surface area contributed by atoms with Gasteiger partial charge in [0.1, 0.15) is 5.69 Å². The summed E-state index contributed by atoms with van der Waals surface area (Å²) in [6.07, 6.45) is 3.24. The van der Waals surface area contributed by atoms with E-state index in [0.717, 1.165) is 12.7 Å². The SMILES string of the molecule is Cc1cnc(S(C)(=O)=O)nc1C(=O)N1CCOCC1CC(C)C. The first-order chi connectivity index (χ1) is 10.7. The predicted molar refractivity (Wildman–Crippen MR) is 85.0 cm³/mol. The van der Waals surface area contributed by atoms with Crippen LogP contribution in [0.15, 0.2) is 11.4 Å². The molecule has 1 amide bonds. The van der Waals surface area contributed by atoms with Gasteiger partial charge in [0.25, 0.3) is 5.91 Å². The van der Waals surface area contributed by atoms with E-state index in [1.54, 1.807) is 11.8 Å². The molecule has 0 saturated carbocycles. The standard InChI is InChI=1S/C15H23N3O4S/c1-10(2)7-12-9-22-6-5-18(12)14(19)13-11(3)8-16-15(17-13)23(4,20)21/h8,10,12H,5-7,9H2,1-4H3. The van der Waals surface area contributed by atoms with E-state index in [1.807, 2.05) is 0 Å². The Labute approximate surface area is 137 Å². The number of aromatic nitrogens is 2. The molecule has 1 aromatic rings. The van der Waals surface area contributed by atoms with Gasteiger partial charge < -0.3 is 9.64 Å². The number of hydrogen-bond acceptors (Lipinski definition) is 6. The van der Waals surface area contributed by atoms with Gasteiger partial charge in [0.2, 0.25) is 15.0 Å². The predicted octanol–water partition coefficient (Wildman–Crippen LogP) is 1.08. The largest absolute Gasteiger partial charge is 0.377 e. The fourth-order valence-electron chi connectivity index (χ4n) is 2.62. The van der Waals surface area contributed by atoms with Crippen LogP contribution in [0.25, 0.3) is 0 Å². The van der Waals surface area contributed by atoms with Crippen LogP contribution in [0.2, 0.25) is 0 Å². The van der Waals surface area contributed by atoms with Crippen molar-refractivity contribution in [3.63, 3.8) is 0 Å². The molecule has 1 aliphatic heterocycles. The summed E-state index contributed by atoms with van der Waals surface area (Å²) in [4.78, 5) is 22.4. The van der Waals surface area contributed by atoms with E-state index < -0.39 is 9.84 Å². The number of hydrogen-bond donors (Lipinski definition) is 0. The summed E-state index contributed by atoms with van der Waals surface area (Å²) in [5, 5.41) is -0.319. The monoisotopic (exact) mass is 341 g/mol. The van der Waals surface area contributed by atoms with Crippen molar-refractivity contribution in [3.8, 4) is 0 Å². The van der Waals surface area contributed by atoms with Crippen LogP contribution in [0, 0.1) is 12.8 Å². The van der Waals surface area contributed by atoms with Gasteiger partial charge >= 0.3 is 0 Å². The van der Waals surface area contributed by atoms with Crippen LogP contribution < -0.4 is 0 Å². The maximum atomic E-state index is 12.9. The molecule has 2 heterocycles. The molecule has 1 aromatic heterocycles. The van der Waals surface area contributed by atoms with Crippen LogP contribution in [0.4, 0.5) is 0 Å². The molecule has 0 aliphatic carbocycles. The summed E-state index contributed by atoms with van der Waals surface area (Å²) in [6, 6.07) is -0.0210. The molecule has 1 atom stereocenters. The van der Waals surface area contributed by atoms with Gasteiger partial charge in [-0.1, -0.05) is 13.8 Å². The van der Waals surface area contributed by atoms with Gasteiger partial charge in [-0.3, -0.25) is 4.79 Å². The number of carbonyl (C=O) groups excluding carboxylic acids is 1. The van der Waals surface area contributed by atoms with Crippen LogP contribution in [-0.2, 0) is 14.6 Å². The Kier molecular flexibility index (Phi) is 5.36. The highest BCUT2D eigenvalue weighted by atomic mass is 32.2.